The molecule has 0 amide bonds. The van der Waals surface area contributed by atoms with Crippen molar-refractivity contribution >= 4 is 16.1 Å². The summed E-state index contributed by atoms with van der Waals surface area (Å²) in [5, 5.41) is 0. The van der Waals surface area contributed by atoms with E-state index in [4.69, 9.17) is 0 Å². The Kier molecular flexibility index (Phi) is 4.06. The number of carbonyl (C=O) groups excluding carboxylic acids is 1. The number of rotatable bonds is 4. The molecular weight excluding hydrogens is 172 g/mol. The Hall–Kier alpha value is -0.620. The maximum Gasteiger partial charge on any atom is 0.306 e. The summed E-state index contributed by atoms with van der Waals surface area (Å²) in [6.45, 7) is 0. The molecule has 0 aromatic heterocycles. The van der Waals surface area contributed by atoms with Crippen LogP contribution in [0.15, 0.2) is 0 Å². The molecule has 0 unspecified atom stereocenters. The van der Waals surface area contributed by atoms with Crippen LogP contribution in [0.5, 0.6) is 0 Å². The standard InChI is InChI=1S/C5H10O5S/c1-9-5(6)3-4-11(7,8)10-2/h3-4H2,1-2H3. The van der Waals surface area contributed by atoms with E-state index < -0.39 is 16.1 Å². The van der Waals surface area contributed by atoms with Gasteiger partial charge in [-0.3, -0.25) is 8.98 Å². The summed E-state index contributed by atoms with van der Waals surface area (Å²) in [4.78, 5) is 10.4. The van der Waals surface area contributed by atoms with Crippen LogP contribution in [-0.2, 0) is 23.8 Å². The number of carbonyl (C=O) groups is 1. The van der Waals surface area contributed by atoms with Crippen molar-refractivity contribution in [3.8, 4) is 0 Å². The topological polar surface area (TPSA) is 69.7 Å². The van der Waals surface area contributed by atoms with Crippen LogP contribution in [0, 0.1) is 0 Å². The third-order valence-electron chi connectivity index (χ3n) is 1.04. The molecule has 0 saturated heterocycles. The van der Waals surface area contributed by atoms with Crippen molar-refractivity contribution in [1.82, 2.24) is 0 Å². The molecule has 0 aliphatic carbocycles. The average molecular weight is 182 g/mol. The van der Waals surface area contributed by atoms with E-state index in [2.05, 4.69) is 8.92 Å². The molecule has 0 aliphatic rings. The molecule has 0 spiro atoms. The minimum Gasteiger partial charge on any atom is -0.469 e. The highest BCUT2D eigenvalue weighted by molar-refractivity contribution is 7.86. The van der Waals surface area contributed by atoms with Gasteiger partial charge in [0.25, 0.3) is 10.1 Å². The molecule has 11 heavy (non-hydrogen) atoms. The van der Waals surface area contributed by atoms with Gasteiger partial charge in [-0.15, -0.1) is 0 Å². The first-order chi connectivity index (χ1) is 5.02. The van der Waals surface area contributed by atoms with Gasteiger partial charge in [0, 0.05) is 0 Å². The Bertz CT molecular complexity index is 217. The van der Waals surface area contributed by atoms with Crippen LogP contribution in [0.4, 0.5) is 0 Å². The second kappa shape index (κ2) is 4.30. The first-order valence-corrected chi connectivity index (χ1v) is 4.44. The van der Waals surface area contributed by atoms with E-state index in [1.807, 2.05) is 0 Å². The summed E-state index contributed by atoms with van der Waals surface area (Å²) in [7, 11) is -1.28. The number of hydrogen-bond donors (Lipinski definition) is 0. The van der Waals surface area contributed by atoms with E-state index in [9.17, 15) is 13.2 Å². The molecule has 0 rings (SSSR count). The quantitative estimate of drug-likeness (QED) is 0.434. The van der Waals surface area contributed by atoms with Gasteiger partial charge in [0.05, 0.1) is 26.4 Å². The normalized spacial score (nSPS) is 11.1. The first-order valence-electron chi connectivity index (χ1n) is 2.87. The highest BCUT2D eigenvalue weighted by atomic mass is 32.2. The summed E-state index contributed by atoms with van der Waals surface area (Å²) < 4.78 is 29.5. The minimum absolute atomic E-state index is 0.174. The van der Waals surface area contributed by atoms with E-state index in [1.165, 1.54) is 7.11 Å². The zero-order chi connectivity index (χ0) is 8.91. The molecule has 0 aliphatic heterocycles. The van der Waals surface area contributed by atoms with Crippen molar-refractivity contribution in [1.29, 1.82) is 0 Å². The lowest BCUT2D eigenvalue weighted by Gasteiger charge is -1.98. The Balaban J connectivity index is 3.80. The maximum atomic E-state index is 10.6. The molecule has 0 N–H and O–H groups in total. The van der Waals surface area contributed by atoms with Gasteiger partial charge in [0.15, 0.2) is 0 Å². The fourth-order valence-corrected chi connectivity index (χ4v) is 0.977. The van der Waals surface area contributed by atoms with Gasteiger partial charge in [0.2, 0.25) is 0 Å². The van der Waals surface area contributed by atoms with Crippen LogP contribution in [0.25, 0.3) is 0 Å². The Labute approximate surface area is 65.4 Å². The first kappa shape index (κ1) is 10.4. The molecule has 5 nitrogen and oxygen atoms in total. The van der Waals surface area contributed by atoms with Crippen molar-refractivity contribution in [2.45, 2.75) is 6.42 Å². The average Bonchev–Trinajstić information content (AvgIpc) is 2.00. The van der Waals surface area contributed by atoms with Gasteiger partial charge in [0.1, 0.15) is 0 Å². The molecule has 0 radical (unpaired) electrons. The molecule has 6 heteroatoms. The molecule has 0 aromatic rings. The highest BCUT2D eigenvalue weighted by Gasteiger charge is 2.11. The van der Waals surface area contributed by atoms with E-state index in [0.29, 0.717) is 0 Å². The third-order valence-corrected chi connectivity index (χ3v) is 2.25. The lowest BCUT2D eigenvalue weighted by molar-refractivity contribution is -0.140. The Morgan fingerprint density at radius 3 is 2.27 bits per heavy atom. The van der Waals surface area contributed by atoms with Crippen molar-refractivity contribution in [3.05, 3.63) is 0 Å². The van der Waals surface area contributed by atoms with Gasteiger partial charge in [-0.2, -0.15) is 8.42 Å². The van der Waals surface area contributed by atoms with E-state index in [-0.39, 0.29) is 12.2 Å². The second-order valence-electron chi connectivity index (χ2n) is 1.75. The fraction of sp³-hybridized carbons (Fsp3) is 0.800. The lowest BCUT2D eigenvalue weighted by atomic mass is 10.5. The van der Waals surface area contributed by atoms with Gasteiger partial charge in [-0.1, -0.05) is 0 Å². The van der Waals surface area contributed by atoms with Crippen molar-refractivity contribution < 1.29 is 22.1 Å². The lowest BCUT2D eigenvalue weighted by Crippen LogP contribution is -2.12. The molecule has 0 heterocycles. The predicted molar refractivity (Wildman–Crippen MR) is 37.4 cm³/mol. The van der Waals surface area contributed by atoms with Crippen LogP contribution >= 0.6 is 0 Å². The van der Waals surface area contributed by atoms with E-state index in [0.717, 1.165) is 7.11 Å². The van der Waals surface area contributed by atoms with Crippen LogP contribution < -0.4 is 0 Å². The molecular formula is C5H10O5S. The molecule has 0 bridgehead atoms. The van der Waals surface area contributed by atoms with Crippen molar-refractivity contribution in [2.75, 3.05) is 20.0 Å². The molecule has 0 saturated carbocycles. The third kappa shape index (κ3) is 4.74. The summed E-state index contributed by atoms with van der Waals surface area (Å²) in [5.41, 5.74) is 0. The number of hydrogen-bond acceptors (Lipinski definition) is 5. The number of ether oxygens (including phenoxy) is 1. The summed E-state index contributed by atoms with van der Waals surface area (Å²) in [6, 6.07) is 0. The van der Waals surface area contributed by atoms with Crippen LogP contribution in [-0.4, -0.2) is 34.4 Å². The summed E-state index contributed by atoms with van der Waals surface area (Å²) in [6.07, 6.45) is -0.174. The molecule has 66 valence electrons. The van der Waals surface area contributed by atoms with Crippen molar-refractivity contribution in [2.24, 2.45) is 0 Å². The smallest absolute Gasteiger partial charge is 0.306 e. The summed E-state index contributed by atoms with van der Waals surface area (Å²) in [5.74, 6) is -0.901. The van der Waals surface area contributed by atoms with Gasteiger partial charge >= 0.3 is 5.97 Å². The van der Waals surface area contributed by atoms with Gasteiger partial charge in [-0.05, 0) is 0 Å². The zero-order valence-corrected chi connectivity index (χ0v) is 7.18. The van der Waals surface area contributed by atoms with Crippen LogP contribution in [0.2, 0.25) is 0 Å². The van der Waals surface area contributed by atoms with E-state index >= 15 is 0 Å². The van der Waals surface area contributed by atoms with Gasteiger partial charge < -0.3 is 4.74 Å². The molecule has 0 atom stereocenters. The SMILES string of the molecule is COC(=O)CCS(=O)(=O)OC. The number of esters is 1. The monoisotopic (exact) mass is 182 g/mol. The minimum atomic E-state index is -3.53. The molecule has 0 aromatic carbocycles. The largest absolute Gasteiger partial charge is 0.469 e. The highest BCUT2D eigenvalue weighted by Crippen LogP contribution is 1.94. The van der Waals surface area contributed by atoms with Crippen LogP contribution in [0.1, 0.15) is 6.42 Å². The Morgan fingerprint density at radius 2 is 1.91 bits per heavy atom. The fourth-order valence-electron chi connectivity index (χ4n) is 0.394. The summed E-state index contributed by atoms with van der Waals surface area (Å²) >= 11 is 0. The van der Waals surface area contributed by atoms with Crippen LogP contribution in [0.3, 0.4) is 0 Å². The Morgan fingerprint density at radius 1 is 1.36 bits per heavy atom. The van der Waals surface area contributed by atoms with Crippen molar-refractivity contribution in [3.63, 3.8) is 0 Å². The second-order valence-corrected chi connectivity index (χ2v) is 3.61. The van der Waals surface area contributed by atoms with Gasteiger partial charge in [-0.25, -0.2) is 0 Å². The number of methoxy groups -OCH3 is 1. The predicted octanol–water partition coefficient (Wildman–Crippen LogP) is -0.474. The zero-order valence-electron chi connectivity index (χ0n) is 6.36. The van der Waals surface area contributed by atoms with E-state index in [1.54, 1.807) is 0 Å². The molecule has 0 fully saturated rings. The maximum absolute atomic E-state index is 10.6.